The number of aromatic amines is 1. The van der Waals surface area contributed by atoms with Gasteiger partial charge in [0.2, 0.25) is 0 Å². The molecule has 8 nitrogen and oxygen atoms in total. The van der Waals surface area contributed by atoms with Crippen LogP contribution in [-0.4, -0.2) is 52.8 Å². The zero-order valence-corrected chi connectivity index (χ0v) is 16.7. The quantitative estimate of drug-likeness (QED) is 0.560. The maximum Gasteiger partial charge on any atom is 0.263 e. The van der Waals surface area contributed by atoms with E-state index in [2.05, 4.69) is 15.4 Å². The molecule has 2 heterocycles. The van der Waals surface area contributed by atoms with Gasteiger partial charge in [0.25, 0.3) is 11.5 Å². The average molecular weight is 382 g/mol. The Kier molecular flexibility index (Phi) is 5.51. The lowest BCUT2D eigenvalue weighted by atomic mass is 10.0. The van der Waals surface area contributed by atoms with Crippen molar-refractivity contribution in [3.8, 4) is 11.1 Å². The summed E-state index contributed by atoms with van der Waals surface area (Å²) in [6.07, 6.45) is 2.68. The van der Waals surface area contributed by atoms with Crippen molar-refractivity contribution in [3.05, 3.63) is 46.0 Å². The van der Waals surface area contributed by atoms with Crippen LogP contribution in [0, 0.1) is 6.92 Å². The Balaban J connectivity index is 2.01. The van der Waals surface area contributed by atoms with Crippen LogP contribution in [0.25, 0.3) is 22.0 Å². The number of nitrogen functional groups attached to an aromatic ring is 1. The molecule has 0 saturated carbocycles. The fourth-order valence-corrected chi connectivity index (χ4v) is 3.34. The number of anilines is 1. The minimum atomic E-state index is -0.496. The zero-order chi connectivity index (χ0) is 20.4. The van der Waals surface area contributed by atoms with Crippen LogP contribution in [0.5, 0.6) is 0 Å². The number of amides is 1. The van der Waals surface area contributed by atoms with Crippen molar-refractivity contribution in [3.63, 3.8) is 0 Å². The number of fused-ring (bicyclic) bond motifs is 1. The number of hydrogen-bond donors (Lipinski definition) is 3. The molecule has 3 rings (SSSR count). The van der Waals surface area contributed by atoms with Crippen molar-refractivity contribution in [1.29, 1.82) is 0 Å². The molecule has 0 radical (unpaired) electrons. The number of carbonyl (C=O) groups excluding carboxylic acids is 1. The highest BCUT2D eigenvalue weighted by Crippen LogP contribution is 2.31. The van der Waals surface area contributed by atoms with E-state index in [4.69, 9.17) is 5.73 Å². The number of pyridine rings is 1. The molecule has 28 heavy (non-hydrogen) atoms. The fraction of sp³-hybridized carbons (Fsp3) is 0.350. The smallest absolute Gasteiger partial charge is 0.263 e. The summed E-state index contributed by atoms with van der Waals surface area (Å²) in [5.41, 5.74) is 9.08. The zero-order valence-electron chi connectivity index (χ0n) is 16.7. The molecular weight excluding hydrogens is 356 g/mol. The minimum Gasteiger partial charge on any atom is -0.397 e. The highest BCUT2D eigenvalue weighted by atomic mass is 16.2. The van der Waals surface area contributed by atoms with Gasteiger partial charge in [-0.25, -0.2) is 0 Å². The Morgan fingerprint density at radius 1 is 1.32 bits per heavy atom. The Labute approximate surface area is 163 Å². The second kappa shape index (κ2) is 7.85. The first kappa shape index (κ1) is 19.6. The number of para-hydroxylation sites is 1. The van der Waals surface area contributed by atoms with Crippen LogP contribution < -0.4 is 16.6 Å². The van der Waals surface area contributed by atoms with Crippen LogP contribution in [0.1, 0.15) is 22.5 Å². The molecule has 0 saturated heterocycles. The van der Waals surface area contributed by atoms with Gasteiger partial charge in [0.15, 0.2) is 0 Å². The summed E-state index contributed by atoms with van der Waals surface area (Å²) in [6, 6.07) is 5.57. The fourth-order valence-electron chi connectivity index (χ4n) is 3.34. The van der Waals surface area contributed by atoms with E-state index in [-0.39, 0.29) is 11.3 Å². The van der Waals surface area contributed by atoms with Crippen LogP contribution >= 0.6 is 0 Å². The number of aryl methyl sites for hydroxylation is 2. The van der Waals surface area contributed by atoms with E-state index < -0.39 is 11.5 Å². The molecule has 3 aromatic rings. The summed E-state index contributed by atoms with van der Waals surface area (Å²) >= 11 is 0. The van der Waals surface area contributed by atoms with Crippen LogP contribution in [-0.2, 0) is 7.05 Å². The van der Waals surface area contributed by atoms with Gasteiger partial charge in [-0.15, -0.1) is 0 Å². The van der Waals surface area contributed by atoms with Gasteiger partial charge in [0, 0.05) is 36.3 Å². The highest BCUT2D eigenvalue weighted by Gasteiger charge is 2.19. The number of nitrogens with zero attached hydrogens (tertiary/aromatic N) is 3. The number of rotatable bonds is 6. The van der Waals surface area contributed by atoms with E-state index in [9.17, 15) is 9.59 Å². The summed E-state index contributed by atoms with van der Waals surface area (Å²) in [5, 5.41) is 7.78. The van der Waals surface area contributed by atoms with E-state index in [0.717, 1.165) is 29.8 Å². The molecule has 148 valence electrons. The molecule has 2 aromatic heterocycles. The number of aromatic nitrogens is 3. The normalized spacial score (nSPS) is 11.3. The standard InChI is InChI=1S/C20H26N6O2/c1-12-15(11-26(4)24-12)13-7-5-8-14-17(21)16(20(28)23-18(13)14)19(27)22-9-6-10-25(2)3/h5,7-8,11H,6,9-10H2,1-4H3,(H,22,27)(H3,21,23,28). The summed E-state index contributed by atoms with van der Waals surface area (Å²) in [4.78, 5) is 30.1. The van der Waals surface area contributed by atoms with Crippen molar-refractivity contribution < 1.29 is 4.79 Å². The van der Waals surface area contributed by atoms with E-state index >= 15 is 0 Å². The van der Waals surface area contributed by atoms with Crippen molar-refractivity contribution in [2.45, 2.75) is 13.3 Å². The van der Waals surface area contributed by atoms with Gasteiger partial charge >= 0.3 is 0 Å². The summed E-state index contributed by atoms with van der Waals surface area (Å²) in [7, 11) is 5.78. The Hall–Kier alpha value is -3.13. The Bertz CT molecular complexity index is 1080. The summed E-state index contributed by atoms with van der Waals surface area (Å²) < 4.78 is 1.72. The highest BCUT2D eigenvalue weighted by molar-refractivity contribution is 6.09. The molecule has 0 aliphatic heterocycles. The first-order chi connectivity index (χ1) is 13.3. The molecule has 0 atom stereocenters. The van der Waals surface area contributed by atoms with E-state index in [1.54, 1.807) is 10.7 Å². The van der Waals surface area contributed by atoms with Gasteiger partial charge in [0.1, 0.15) is 5.56 Å². The predicted molar refractivity (Wildman–Crippen MR) is 111 cm³/mol. The third-order valence-corrected chi connectivity index (χ3v) is 4.69. The van der Waals surface area contributed by atoms with E-state index in [1.165, 1.54) is 0 Å². The number of nitrogens with two attached hydrogens (primary N) is 1. The van der Waals surface area contributed by atoms with E-state index in [0.29, 0.717) is 17.4 Å². The molecule has 4 N–H and O–H groups in total. The number of carbonyl (C=O) groups is 1. The lowest BCUT2D eigenvalue weighted by Gasteiger charge is -2.13. The van der Waals surface area contributed by atoms with Gasteiger partial charge in [0.05, 0.1) is 16.9 Å². The molecule has 0 unspecified atom stereocenters. The first-order valence-electron chi connectivity index (χ1n) is 9.17. The van der Waals surface area contributed by atoms with Crippen LogP contribution in [0.2, 0.25) is 0 Å². The number of H-pyrrole nitrogens is 1. The topological polar surface area (TPSA) is 109 Å². The molecular formula is C20H26N6O2. The summed E-state index contributed by atoms with van der Waals surface area (Å²) in [5.74, 6) is -0.456. The maximum atomic E-state index is 12.7. The molecule has 0 aliphatic carbocycles. The molecule has 8 heteroatoms. The average Bonchev–Trinajstić information content (AvgIpc) is 2.96. The van der Waals surface area contributed by atoms with E-state index in [1.807, 2.05) is 51.3 Å². The first-order valence-corrected chi connectivity index (χ1v) is 9.17. The van der Waals surface area contributed by atoms with Crippen LogP contribution in [0.3, 0.4) is 0 Å². The Morgan fingerprint density at radius 3 is 2.71 bits per heavy atom. The van der Waals surface area contributed by atoms with Gasteiger partial charge in [-0.05, 0) is 34.0 Å². The molecule has 0 spiro atoms. The third-order valence-electron chi connectivity index (χ3n) is 4.69. The monoisotopic (exact) mass is 382 g/mol. The SMILES string of the molecule is Cc1nn(C)cc1-c1cccc2c(N)c(C(=O)NCCCN(C)C)c(=O)[nH]c12. The largest absolute Gasteiger partial charge is 0.397 e. The van der Waals surface area contributed by atoms with Crippen LogP contribution in [0.15, 0.2) is 29.2 Å². The van der Waals surface area contributed by atoms with Gasteiger partial charge in [-0.2, -0.15) is 5.10 Å². The van der Waals surface area contributed by atoms with Gasteiger partial charge < -0.3 is 20.9 Å². The van der Waals surface area contributed by atoms with Crippen molar-refractivity contribution in [2.75, 3.05) is 32.9 Å². The number of benzene rings is 1. The number of nitrogens with one attached hydrogen (secondary N) is 2. The molecule has 1 amide bonds. The van der Waals surface area contributed by atoms with Gasteiger partial charge in [-0.3, -0.25) is 14.3 Å². The maximum absolute atomic E-state index is 12.7. The molecule has 1 aromatic carbocycles. The van der Waals surface area contributed by atoms with Crippen molar-refractivity contribution >= 4 is 22.5 Å². The molecule has 0 fully saturated rings. The minimum absolute atomic E-state index is 0.0441. The van der Waals surface area contributed by atoms with Gasteiger partial charge in [-0.1, -0.05) is 18.2 Å². The lowest BCUT2D eigenvalue weighted by molar-refractivity contribution is 0.0952. The third kappa shape index (κ3) is 3.77. The molecule has 0 aliphatic rings. The summed E-state index contributed by atoms with van der Waals surface area (Å²) in [6.45, 7) is 3.23. The lowest BCUT2D eigenvalue weighted by Crippen LogP contribution is -2.32. The second-order valence-electron chi connectivity index (χ2n) is 7.19. The number of hydrogen-bond acceptors (Lipinski definition) is 5. The van der Waals surface area contributed by atoms with Crippen molar-refractivity contribution in [1.82, 2.24) is 25.0 Å². The Morgan fingerprint density at radius 2 is 2.07 bits per heavy atom. The predicted octanol–water partition coefficient (Wildman–Crippen LogP) is 1.50. The van der Waals surface area contributed by atoms with Crippen LogP contribution in [0.4, 0.5) is 5.69 Å². The second-order valence-corrected chi connectivity index (χ2v) is 7.19. The van der Waals surface area contributed by atoms with Crippen molar-refractivity contribution in [2.24, 2.45) is 7.05 Å². The molecule has 0 bridgehead atoms.